The number of nitrogen functional groups attached to an aromatic ring is 1. The average molecular weight is 1010 g/mol. The van der Waals surface area contributed by atoms with Gasteiger partial charge in [-0.2, -0.15) is 27.8 Å². The third-order valence-corrected chi connectivity index (χ3v) is 12.2. The van der Waals surface area contributed by atoms with Crippen LogP contribution in [-0.2, 0) is 54.8 Å². The molecule has 34 heteroatoms. The van der Waals surface area contributed by atoms with Gasteiger partial charge in [-0.05, 0) is 47.9 Å². The fourth-order valence-corrected chi connectivity index (χ4v) is 8.28. The van der Waals surface area contributed by atoms with E-state index in [1.54, 1.807) is 6.07 Å². The molecule has 0 amide bonds. The van der Waals surface area contributed by atoms with Crippen LogP contribution in [0, 0.1) is 6.08 Å². The zero-order chi connectivity index (χ0) is 43.7. The quantitative estimate of drug-likeness (QED) is 0.0357. The van der Waals surface area contributed by atoms with Crippen LogP contribution < -0.4 is 139 Å². The molecule has 0 aliphatic carbocycles. The SMILES string of the molecule is Nc1c(S(=O)(=O)[O-])cc2cc(S(=O)(=O)[O-])cc([O-])c2c1N=Nc1ccc(Nc2nc(F)nc(N(CCS(=O)(=O)CCOS(=O)(=O)O)c3ccccc3)n2)cc1S(=O)(=O)[O-].[Na+].[Na+].[Na+].[Na+]. The van der Waals surface area contributed by atoms with Crippen molar-refractivity contribution >= 4 is 102 Å². The van der Waals surface area contributed by atoms with Crippen LogP contribution in [-0.4, -0.2) is 99.9 Å². The Hall–Kier alpha value is -1.57. The first-order chi connectivity index (χ1) is 27.2. The van der Waals surface area contributed by atoms with E-state index in [1.165, 1.54) is 24.3 Å². The van der Waals surface area contributed by atoms with Crippen molar-refractivity contribution in [3.8, 4) is 5.75 Å². The topological polar surface area (TPSA) is 397 Å². The molecule has 63 heavy (non-hydrogen) atoms. The molecule has 0 spiro atoms. The van der Waals surface area contributed by atoms with E-state index in [4.69, 9.17) is 10.3 Å². The molecular weight excluding hydrogens is 988 g/mol. The van der Waals surface area contributed by atoms with Gasteiger partial charge in [-0.25, -0.2) is 37.9 Å². The summed E-state index contributed by atoms with van der Waals surface area (Å²) in [7, 11) is -25.3. The molecule has 0 saturated carbocycles. The largest absolute Gasteiger partial charge is 1.00 e. The Morgan fingerprint density at radius 3 is 1.95 bits per heavy atom. The van der Waals surface area contributed by atoms with Gasteiger partial charge in [0, 0.05) is 23.3 Å². The van der Waals surface area contributed by atoms with Gasteiger partial charge in [-0.15, -0.1) is 10.2 Å². The van der Waals surface area contributed by atoms with E-state index in [9.17, 15) is 65.2 Å². The zero-order valence-electron chi connectivity index (χ0n) is 32.9. The van der Waals surface area contributed by atoms with Crippen LogP contribution in [0.1, 0.15) is 0 Å². The van der Waals surface area contributed by atoms with Gasteiger partial charge < -0.3 is 34.7 Å². The molecule has 0 fully saturated rings. The van der Waals surface area contributed by atoms with Crippen molar-refractivity contribution in [2.24, 2.45) is 10.2 Å². The summed E-state index contributed by atoms with van der Waals surface area (Å²) >= 11 is 0. The standard InChI is InChI=1S/C29H27FN8O16S5.4Na/c30-27-33-28(35-29(34-27)38(18-4-2-1-3-5-18)8-10-55(40,41)11-9-54-59(51,52)53)32-17-6-7-20(22(14-17)57(45,46)47)36-37-26-24-16(13-23(25(26)31)58(48,49)50)12-19(15-21(24)39)56(42,43)44;;;;/h1-7,12-15,39H,8-11,31H2,(H,42,43,44)(H,45,46,47)(H,48,49,50)(H,51,52,53)(H,32,33,34,35);;;;/q;4*+1/p-4. The molecule has 5 aromatic rings. The Balaban J connectivity index is 0.00000496. The minimum atomic E-state index is -5.50. The Kier molecular flexibility index (Phi) is 22.1. The molecule has 0 saturated heterocycles. The minimum absolute atomic E-state index is 0. The molecule has 24 nitrogen and oxygen atoms in total. The van der Waals surface area contributed by atoms with Gasteiger partial charge in [0.15, 0.2) is 9.84 Å². The third-order valence-electron chi connectivity index (χ3n) is 7.61. The van der Waals surface area contributed by atoms with E-state index in [0.29, 0.717) is 24.3 Å². The molecule has 0 unspecified atom stereocenters. The number of nitrogens with zero attached hydrogens (tertiary/aromatic N) is 6. The van der Waals surface area contributed by atoms with E-state index >= 15 is 0 Å². The summed E-state index contributed by atoms with van der Waals surface area (Å²) in [5.41, 5.74) is 3.08. The van der Waals surface area contributed by atoms with Gasteiger partial charge in [-0.3, -0.25) is 4.55 Å². The van der Waals surface area contributed by atoms with Crippen LogP contribution in [0.3, 0.4) is 0 Å². The number of nitrogens with one attached hydrogen (secondary N) is 1. The number of hydrogen-bond donors (Lipinski definition) is 3. The third kappa shape index (κ3) is 16.3. The molecule has 5 rings (SSSR count). The molecule has 0 radical (unpaired) electrons. The van der Waals surface area contributed by atoms with Crippen LogP contribution >= 0.6 is 0 Å². The number of sulfone groups is 1. The Morgan fingerprint density at radius 2 is 1.38 bits per heavy atom. The van der Waals surface area contributed by atoms with Crippen molar-refractivity contribution in [1.29, 1.82) is 0 Å². The first-order valence-corrected chi connectivity index (χ1v) is 23.0. The Bertz CT molecular complexity index is 3090. The molecule has 4 aromatic carbocycles. The van der Waals surface area contributed by atoms with Crippen molar-refractivity contribution in [3.63, 3.8) is 0 Å². The summed E-state index contributed by atoms with van der Waals surface area (Å²) in [6, 6.07) is 11.6. The molecule has 0 aliphatic heterocycles. The fourth-order valence-electron chi connectivity index (χ4n) is 5.08. The number of benzene rings is 4. The molecular formula is C29H23FN8Na4O16S5. The zero-order valence-corrected chi connectivity index (χ0v) is 45.0. The smallest absolute Gasteiger partial charge is 0.872 e. The molecule has 0 aliphatic rings. The van der Waals surface area contributed by atoms with Gasteiger partial charge in [0.1, 0.15) is 41.7 Å². The molecule has 1 heterocycles. The van der Waals surface area contributed by atoms with Gasteiger partial charge in [0.05, 0.1) is 38.5 Å². The summed E-state index contributed by atoms with van der Waals surface area (Å²) in [6.07, 6.45) is -1.44. The Morgan fingerprint density at radius 1 is 0.762 bits per heavy atom. The van der Waals surface area contributed by atoms with Crippen molar-refractivity contribution < 1.29 is 192 Å². The molecule has 0 bridgehead atoms. The second kappa shape index (κ2) is 23.4. The van der Waals surface area contributed by atoms with Crippen LogP contribution in [0.15, 0.2) is 91.6 Å². The summed E-state index contributed by atoms with van der Waals surface area (Å²) < 4.78 is 182. The van der Waals surface area contributed by atoms with Crippen LogP contribution in [0.25, 0.3) is 10.8 Å². The molecule has 316 valence electrons. The minimum Gasteiger partial charge on any atom is -0.872 e. The molecule has 1 aromatic heterocycles. The number of azo groups is 1. The second-order valence-electron chi connectivity index (χ2n) is 11.6. The number of rotatable bonds is 16. The Labute approximate surface area is 447 Å². The summed E-state index contributed by atoms with van der Waals surface area (Å²) in [5, 5.41) is 21.3. The predicted octanol–water partition coefficient (Wildman–Crippen LogP) is -10.9. The monoisotopic (exact) mass is 1010 g/mol. The van der Waals surface area contributed by atoms with Gasteiger partial charge in [0.25, 0.3) is 0 Å². The molecule has 4 N–H and O–H groups in total. The first kappa shape index (κ1) is 59.4. The van der Waals surface area contributed by atoms with E-state index < -0.39 is 141 Å². The van der Waals surface area contributed by atoms with Crippen molar-refractivity contribution in [1.82, 2.24) is 15.0 Å². The number of hydrogen-bond acceptors (Lipinski definition) is 23. The number of halogens is 1. The summed E-state index contributed by atoms with van der Waals surface area (Å²) in [5.74, 6) is -3.93. The normalized spacial score (nSPS) is 12.1. The van der Waals surface area contributed by atoms with Crippen molar-refractivity contribution in [3.05, 3.63) is 72.8 Å². The second-order valence-corrected chi connectivity index (χ2v) is 19.1. The van der Waals surface area contributed by atoms with Gasteiger partial charge in [0.2, 0.25) is 11.9 Å². The number of anilines is 5. The fraction of sp³-hybridized carbons (Fsp3) is 0.138. The summed E-state index contributed by atoms with van der Waals surface area (Å²) in [6.45, 7) is -1.37. The summed E-state index contributed by atoms with van der Waals surface area (Å²) in [4.78, 5) is 8.80. The molecule has 0 atom stereocenters. The number of fused-ring (bicyclic) bond motifs is 1. The maximum atomic E-state index is 14.9. The van der Waals surface area contributed by atoms with E-state index in [2.05, 4.69) is 34.7 Å². The number of nitrogens with two attached hydrogens (primary N) is 1. The van der Waals surface area contributed by atoms with Gasteiger partial charge in [-0.1, -0.05) is 30.0 Å². The van der Waals surface area contributed by atoms with Crippen LogP contribution in [0.5, 0.6) is 5.75 Å². The van der Waals surface area contributed by atoms with Crippen molar-refractivity contribution in [2.75, 3.05) is 40.6 Å². The van der Waals surface area contributed by atoms with Crippen LogP contribution in [0.4, 0.5) is 44.7 Å². The van der Waals surface area contributed by atoms with E-state index in [1.807, 2.05) is 0 Å². The van der Waals surface area contributed by atoms with Crippen LogP contribution in [0.2, 0.25) is 0 Å². The van der Waals surface area contributed by atoms with E-state index in [0.717, 1.165) is 17.0 Å². The maximum absolute atomic E-state index is 14.9. The van der Waals surface area contributed by atoms with E-state index in [-0.39, 0.29) is 130 Å². The predicted molar refractivity (Wildman–Crippen MR) is 195 cm³/mol. The number of aromatic nitrogens is 3. The average Bonchev–Trinajstić information content (AvgIpc) is 3.10. The maximum Gasteiger partial charge on any atom is 1.00 e. The first-order valence-electron chi connectivity index (χ1n) is 15.6. The van der Waals surface area contributed by atoms with Gasteiger partial charge >= 0.3 is 135 Å². The number of para-hydroxylation sites is 1. The van der Waals surface area contributed by atoms with Crippen molar-refractivity contribution in [2.45, 2.75) is 14.7 Å².